The largest absolute Gasteiger partial charge is 0.428 e. The number of rotatable bonds is 5. The summed E-state index contributed by atoms with van der Waals surface area (Å²) in [5, 5.41) is 0. The first-order valence-corrected chi connectivity index (χ1v) is 6.80. The standard InChI is InChI=1S/C18H20O4/c1-12(2)17(19)21-14(5)9-10-15-7-6-8-16(11-15)22-18(20)13(3)4/h6,8-11H,1,3,7H2,2,4-5H3/b14-9+,15-10+. The number of hydrogen-bond acceptors (Lipinski definition) is 4. The van der Waals surface area contributed by atoms with Gasteiger partial charge in [-0.05, 0) is 51.0 Å². The molecule has 0 aromatic heterocycles. The van der Waals surface area contributed by atoms with Crippen molar-refractivity contribution in [2.75, 3.05) is 0 Å². The molecule has 0 N–H and O–H groups in total. The van der Waals surface area contributed by atoms with Crippen molar-refractivity contribution in [1.29, 1.82) is 0 Å². The highest BCUT2D eigenvalue weighted by Crippen LogP contribution is 2.18. The lowest BCUT2D eigenvalue weighted by atomic mass is 10.1. The van der Waals surface area contributed by atoms with Gasteiger partial charge >= 0.3 is 11.9 Å². The molecular formula is C18H20O4. The predicted octanol–water partition coefficient (Wildman–Crippen LogP) is 3.90. The fourth-order valence-corrected chi connectivity index (χ4v) is 1.47. The average Bonchev–Trinajstić information content (AvgIpc) is 2.45. The van der Waals surface area contributed by atoms with Gasteiger partial charge in [-0.2, -0.15) is 0 Å². The van der Waals surface area contributed by atoms with Crippen LogP contribution in [0.25, 0.3) is 0 Å². The summed E-state index contributed by atoms with van der Waals surface area (Å²) >= 11 is 0. The number of carbonyl (C=O) groups is 2. The lowest BCUT2D eigenvalue weighted by Crippen LogP contribution is -2.05. The Morgan fingerprint density at radius 3 is 2.36 bits per heavy atom. The maximum atomic E-state index is 11.5. The van der Waals surface area contributed by atoms with Crippen molar-refractivity contribution in [3.63, 3.8) is 0 Å². The smallest absolute Gasteiger partial charge is 0.338 e. The molecule has 22 heavy (non-hydrogen) atoms. The van der Waals surface area contributed by atoms with E-state index in [0.717, 1.165) is 5.57 Å². The Balaban J connectivity index is 2.76. The summed E-state index contributed by atoms with van der Waals surface area (Å²) in [6.07, 6.45) is 9.56. The zero-order chi connectivity index (χ0) is 16.7. The highest BCUT2D eigenvalue weighted by Gasteiger charge is 2.09. The second-order valence-corrected chi connectivity index (χ2v) is 5.01. The fraction of sp³-hybridized carbons (Fsp3) is 0.222. The lowest BCUT2D eigenvalue weighted by Gasteiger charge is -2.10. The average molecular weight is 300 g/mol. The predicted molar refractivity (Wildman–Crippen MR) is 85.5 cm³/mol. The Bertz CT molecular complexity index is 627. The van der Waals surface area contributed by atoms with Gasteiger partial charge in [0.1, 0.15) is 11.5 Å². The van der Waals surface area contributed by atoms with Crippen LogP contribution in [0.2, 0.25) is 0 Å². The zero-order valence-corrected chi connectivity index (χ0v) is 13.1. The lowest BCUT2D eigenvalue weighted by molar-refractivity contribution is -0.135. The van der Waals surface area contributed by atoms with E-state index in [1.54, 1.807) is 45.1 Å². The van der Waals surface area contributed by atoms with Gasteiger partial charge < -0.3 is 9.47 Å². The van der Waals surface area contributed by atoms with Crippen molar-refractivity contribution in [2.24, 2.45) is 0 Å². The number of hydrogen-bond donors (Lipinski definition) is 0. The maximum Gasteiger partial charge on any atom is 0.338 e. The molecule has 116 valence electrons. The molecule has 1 aliphatic rings. The van der Waals surface area contributed by atoms with E-state index in [2.05, 4.69) is 13.2 Å². The minimum Gasteiger partial charge on any atom is -0.428 e. The molecule has 4 nitrogen and oxygen atoms in total. The maximum absolute atomic E-state index is 11.5. The van der Waals surface area contributed by atoms with Gasteiger partial charge in [0.15, 0.2) is 0 Å². The van der Waals surface area contributed by atoms with E-state index >= 15 is 0 Å². The van der Waals surface area contributed by atoms with Crippen LogP contribution in [0.3, 0.4) is 0 Å². The third-order valence-electron chi connectivity index (χ3n) is 2.66. The molecule has 0 unspecified atom stereocenters. The van der Waals surface area contributed by atoms with Crippen LogP contribution in [-0.4, -0.2) is 11.9 Å². The molecule has 4 heteroatoms. The minimum absolute atomic E-state index is 0.341. The molecule has 0 saturated heterocycles. The van der Waals surface area contributed by atoms with E-state index in [0.29, 0.717) is 29.1 Å². The van der Waals surface area contributed by atoms with Gasteiger partial charge in [-0.3, -0.25) is 0 Å². The molecule has 0 spiro atoms. The molecule has 0 bridgehead atoms. The monoisotopic (exact) mass is 300 g/mol. The quantitative estimate of drug-likeness (QED) is 0.439. The summed E-state index contributed by atoms with van der Waals surface area (Å²) in [5.41, 5.74) is 1.61. The number of allylic oxidation sites excluding steroid dienone is 7. The van der Waals surface area contributed by atoms with Gasteiger partial charge in [-0.15, -0.1) is 0 Å². The fourth-order valence-electron chi connectivity index (χ4n) is 1.47. The molecule has 0 saturated carbocycles. The van der Waals surface area contributed by atoms with Crippen LogP contribution in [0, 0.1) is 0 Å². The first kappa shape index (κ1) is 17.4. The topological polar surface area (TPSA) is 52.6 Å². The summed E-state index contributed by atoms with van der Waals surface area (Å²) in [7, 11) is 0. The number of carbonyl (C=O) groups excluding carboxylic acids is 2. The van der Waals surface area contributed by atoms with E-state index in [1.807, 2.05) is 6.08 Å². The summed E-state index contributed by atoms with van der Waals surface area (Å²) in [6.45, 7) is 11.9. The SMILES string of the molecule is C=C(C)C(=O)OC1=C/C(=C/C=C(\C)OC(=O)C(=C)C)CC=C1. The van der Waals surface area contributed by atoms with Crippen molar-refractivity contribution < 1.29 is 19.1 Å². The van der Waals surface area contributed by atoms with Crippen molar-refractivity contribution in [2.45, 2.75) is 27.2 Å². The third-order valence-corrected chi connectivity index (χ3v) is 2.66. The van der Waals surface area contributed by atoms with Gasteiger partial charge in [0, 0.05) is 11.1 Å². The summed E-state index contributed by atoms with van der Waals surface area (Å²) in [4.78, 5) is 22.8. The van der Waals surface area contributed by atoms with Gasteiger partial charge in [-0.25, -0.2) is 9.59 Å². The van der Waals surface area contributed by atoms with E-state index < -0.39 is 11.9 Å². The van der Waals surface area contributed by atoms with Crippen molar-refractivity contribution in [3.8, 4) is 0 Å². The van der Waals surface area contributed by atoms with E-state index in [4.69, 9.17) is 9.47 Å². The Morgan fingerprint density at radius 1 is 1.14 bits per heavy atom. The summed E-state index contributed by atoms with van der Waals surface area (Å²) < 4.78 is 10.2. The van der Waals surface area contributed by atoms with Crippen molar-refractivity contribution >= 4 is 11.9 Å². The molecule has 0 atom stereocenters. The molecular weight excluding hydrogens is 280 g/mol. The van der Waals surface area contributed by atoms with Crippen LogP contribution >= 0.6 is 0 Å². The third kappa shape index (κ3) is 5.79. The molecule has 0 aromatic carbocycles. The van der Waals surface area contributed by atoms with Gasteiger partial charge in [0.25, 0.3) is 0 Å². The molecule has 0 aromatic rings. The molecule has 1 aliphatic carbocycles. The molecule has 0 amide bonds. The van der Waals surface area contributed by atoms with E-state index in [1.165, 1.54) is 0 Å². The van der Waals surface area contributed by atoms with Gasteiger partial charge in [-0.1, -0.05) is 25.3 Å². The van der Waals surface area contributed by atoms with Crippen LogP contribution in [0.15, 0.2) is 71.8 Å². The number of esters is 2. The van der Waals surface area contributed by atoms with Crippen molar-refractivity contribution in [1.82, 2.24) is 0 Å². The normalized spacial score (nSPS) is 16.0. The zero-order valence-electron chi connectivity index (χ0n) is 13.1. The minimum atomic E-state index is -0.459. The van der Waals surface area contributed by atoms with Crippen LogP contribution in [-0.2, 0) is 19.1 Å². The van der Waals surface area contributed by atoms with Gasteiger partial charge in [0.2, 0.25) is 0 Å². The Labute approximate surface area is 130 Å². The van der Waals surface area contributed by atoms with Crippen LogP contribution < -0.4 is 0 Å². The van der Waals surface area contributed by atoms with Crippen LogP contribution in [0.4, 0.5) is 0 Å². The highest BCUT2D eigenvalue weighted by molar-refractivity contribution is 5.88. The first-order valence-electron chi connectivity index (χ1n) is 6.80. The van der Waals surface area contributed by atoms with Gasteiger partial charge in [0.05, 0.1) is 0 Å². The van der Waals surface area contributed by atoms with Crippen LogP contribution in [0.5, 0.6) is 0 Å². The first-order chi connectivity index (χ1) is 10.3. The van der Waals surface area contributed by atoms with E-state index in [-0.39, 0.29) is 0 Å². The Hall–Kier alpha value is -2.62. The molecule has 0 radical (unpaired) electrons. The molecule has 1 rings (SSSR count). The van der Waals surface area contributed by atoms with E-state index in [9.17, 15) is 9.59 Å². The molecule has 0 heterocycles. The van der Waals surface area contributed by atoms with Crippen molar-refractivity contribution in [3.05, 3.63) is 71.8 Å². The Morgan fingerprint density at radius 2 is 1.77 bits per heavy atom. The summed E-state index contributed by atoms with van der Waals surface area (Å²) in [6, 6.07) is 0. The Kier molecular flexibility index (Phi) is 6.32. The number of ether oxygens (including phenoxy) is 2. The molecule has 0 aliphatic heterocycles. The second-order valence-electron chi connectivity index (χ2n) is 5.01. The van der Waals surface area contributed by atoms with Crippen LogP contribution in [0.1, 0.15) is 27.2 Å². The second kappa shape index (κ2) is 7.98. The molecule has 0 fully saturated rings. The summed E-state index contributed by atoms with van der Waals surface area (Å²) in [5.74, 6) is 0.000915. The highest BCUT2D eigenvalue weighted by atomic mass is 16.5.